The Labute approximate surface area is 119 Å². The van der Waals surface area contributed by atoms with E-state index >= 15 is 0 Å². The number of carbonyl (C=O) groups is 1. The van der Waals surface area contributed by atoms with Crippen molar-refractivity contribution < 1.29 is 9.53 Å². The average molecular weight is 277 g/mol. The summed E-state index contributed by atoms with van der Waals surface area (Å²) in [4.78, 5) is 13.2. The molecule has 1 aromatic rings. The monoisotopic (exact) mass is 277 g/mol. The maximum atomic E-state index is 12.4. The second kappa shape index (κ2) is 5.17. The molecule has 2 fully saturated rings. The zero-order valence-corrected chi connectivity index (χ0v) is 12.0. The second-order valence-corrected chi connectivity index (χ2v) is 6.06. The van der Waals surface area contributed by atoms with Crippen molar-refractivity contribution in [1.29, 1.82) is 0 Å². The van der Waals surface area contributed by atoms with Crippen LogP contribution in [0.1, 0.15) is 35.2 Å². The normalized spacial score (nSPS) is 26.4. The van der Waals surface area contributed by atoms with Crippen molar-refractivity contribution in [3.05, 3.63) is 29.3 Å². The molecule has 1 aliphatic heterocycles. The lowest BCUT2D eigenvalue weighted by atomic mass is 10.0. The first-order valence-corrected chi connectivity index (χ1v) is 7.32. The van der Waals surface area contributed by atoms with E-state index in [9.17, 15) is 4.79 Å². The number of ether oxygens (including phenoxy) is 1. The van der Waals surface area contributed by atoms with E-state index in [2.05, 4.69) is 17.9 Å². The third kappa shape index (κ3) is 2.79. The Morgan fingerprint density at radius 3 is 2.89 bits per heavy atom. The number of hydrogen-bond donors (Lipinski definition) is 2. The first-order valence-electron chi connectivity index (χ1n) is 6.87. The summed E-state index contributed by atoms with van der Waals surface area (Å²) in [6, 6.07) is 5.83. The van der Waals surface area contributed by atoms with Gasteiger partial charge >= 0.3 is 0 Å². The van der Waals surface area contributed by atoms with Gasteiger partial charge in [-0.2, -0.15) is 0 Å². The molecule has 0 bridgehead atoms. The largest absolute Gasteiger partial charge is 0.376 e. The van der Waals surface area contributed by atoms with E-state index in [1.54, 1.807) is 0 Å². The van der Waals surface area contributed by atoms with E-state index in [1.807, 2.05) is 25.1 Å². The lowest BCUT2D eigenvalue weighted by Crippen LogP contribution is -2.41. The van der Waals surface area contributed by atoms with E-state index in [4.69, 9.17) is 4.74 Å². The number of benzene rings is 1. The number of carbonyl (C=O) groups excluding carboxylic acids is 1. The van der Waals surface area contributed by atoms with Crippen molar-refractivity contribution in [2.75, 3.05) is 6.61 Å². The fourth-order valence-corrected chi connectivity index (χ4v) is 2.96. The Kier molecular flexibility index (Phi) is 3.54. The van der Waals surface area contributed by atoms with Gasteiger partial charge in [0, 0.05) is 17.1 Å². The minimum atomic E-state index is -0.00505. The van der Waals surface area contributed by atoms with E-state index in [-0.39, 0.29) is 18.1 Å². The first kappa shape index (κ1) is 13.0. The second-order valence-electron chi connectivity index (χ2n) is 5.54. The van der Waals surface area contributed by atoms with Crippen molar-refractivity contribution >= 4 is 18.5 Å². The highest BCUT2D eigenvalue weighted by Crippen LogP contribution is 2.38. The zero-order valence-electron chi connectivity index (χ0n) is 11.1. The number of nitrogens with one attached hydrogen (secondary N) is 1. The molecule has 1 amide bonds. The molecular formula is C15H19NO2S. The van der Waals surface area contributed by atoms with Crippen LogP contribution in [0.4, 0.5) is 0 Å². The van der Waals surface area contributed by atoms with Gasteiger partial charge in [-0.05, 0) is 49.8 Å². The summed E-state index contributed by atoms with van der Waals surface area (Å²) in [6.07, 6.45) is 3.63. The van der Waals surface area contributed by atoms with Crippen LogP contribution in [0.2, 0.25) is 0 Å². The van der Waals surface area contributed by atoms with Gasteiger partial charge in [-0.1, -0.05) is 6.07 Å². The van der Waals surface area contributed by atoms with Crippen molar-refractivity contribution in [2.45, 2.75) is 43.2 Å². The van der Waals surface area contributed by atoms with Crippen LogP contribution in [0.5, 0.6) is 0 Å². The van der Waals surface area contributed by atoms with E-state index < -0.39 is 0 Å². The van der Waals surface area contributed by atoms with Gasteiger partial charge in [-0.25, -0.2) is 0 Å². The molecule has 2 atom stereocenters. The van der Waals surface area contributed by atoms with Crippen LogP contribution in [-0.2, 0) is 4.74 Å². The molecule has 102 valence electrons. The molecule has 2 unspecified atom stereocenters. The lowest BCUT2D eigenvalue weighted by molar-refractivity contribution is 0.0729. The summed E-state index contributed by atoms with van der Waals surface area (Å²) in [5.74, 6) is 0.652. The summed E-state index contributed by atoms with van der Waals surface area (Å²) in [5, 5.41) is 3.14. The molecule has 0 radical (unpaired) electrons. The van der Waals surface area contributed by atoms with Gasteiger partial charge < -0.3 is 10.1 Å². The Bertz CT molecular complexity index is 499. The summed E-state index contributed by atoms with van der Waals surface area (Å²) in [5.41, 5.74) is 1.70. The number of thiol groups is 1. The van der Waals surface area contributed by atoms with Gasteiger partial charge in [-0.3, -0.25) is 4.79 Å². The number of aryl methyl sites for hydroxylation is 1. The third-order valence-corrected chi connectivity index (χ3v) is 4.28. The van der Waals surface area contributed by atoms with Crippen LogP contribution in [-0.4, -0.2) is 24.7 Å². The number of hydrogen-bond acceptors (Lipinski definition) is 3. The van der Waals surface area contributed by atoms with Gasteiger partial charge in [0.05, 0.1) is 12.1 Å². The number of rotatable bonds is 3. The van der Waals surface area contributed by atoms with Crippen molar-refractivity contribution in [2.24, 2.45) is 5.92 Å². The number of amides is 1. The minimum Gasteiger partial charge on any atom is -0.376 e. The SMILES string of the molecule is Cc1ccc(S)cc1C(=O)NC1CCOC1C1CC1. The summed E-state index contributed by atoms with van der Waals surface area (Å²) < 4.78 is 5.75. The molecule has 0 aromatic heterocycles. The van der Waals surface area contributed by atoms with Crippen molar-refractivity contribution in [1.82, 2.24) is 5.32 Å². The van der Waals surface area contributed by atoms with E-state index in [0.29, 0.717) is 11.5 Å². The van der Waals surface area contributed by atoms with Crippen LogP contribution in [0.15, 0.2) is 23.1 Å². The van der Waals surface area contributed by atoms with Gasteiger partial charge in [-0.15, -0.1) is 12.6 Å². The first-order chi connectivity index (χ1) is 9.15. The fourth-order valence-electron chi connectivity index (χ4n) is 2.76. The highest BCUT2D eigenvalue weighted by molar-refractivity contribution is 7.80. The predicted molar refractivity (Wildman–Crippen MR) is 76.8 cm³/mol. The fraction of sp³-hybridized carbons (Fsp3) is 0.533. The molecule has 1 saturated carbocycles. The molecule has 1 heterocycles. The zero-order chi connectivity index (χ0) is 13.4. The molecule has 1 N–H and O–H groups in total. The van der Waals surface area contributed by atoms with Gasteiger partial charge in [0.2, 0.25) is 0 Å². The lowest BCUT2D eigenvalue weighted by Gasteiger charge is -2.20. The molecule has 2 aliphatic rings. The highest BCUT2D eigenvalue weighted by Gasteiger charge is 2.41. The van der Waals surface area contributed by atoms with Crippen LogP contribution in [0.25, 0.3) is 0 Å². The van der Waals surface area contributed by atoms with Crippen LogP contribution in [0, 0.1) is 12.8 Å². The Hall–Kier alpha value is -1.00. The molecule has 3 nitrogen and oxygen atoms in total. The molecule has 1 aliphatic carbocycles. The summed E-state index contributed by atoms with van der Waals surface area (Å²) in [7, 11) is 0. The van der Waals surface area contributed by atoms with Gasteiger partial charge in [0.25, 0.3) is 5.91 Å². The minimum absolute atomic E-state index is 0.00505. The molecule has 1 saturated heterocycles. The van der Waals surface area contributed by atoms with Crippen molar-refractivity contribution in [3.63, 3.8) is 0 Å². The van der Waals surface area contributed by atoms with Gasteiger partial charge in [0.15, 0.2) is 0 Å². The smallest absolute Gasteiger partial charge is 0.251 e. The maximum Gasteiger partial charge on any atom is 0.251 e. The van der Waals surface area contributed by atoms with Crippen molar-refractivity contribution in [3.8, 4) is 0 Å². The molecule has 3 rings (SSSR count). The van der Waals surface area contributed by atoms with Crippen LogP contribution < -0.4 is 5.32 Å². The Morgan fingerprint density at radius 2 is 2.16 bits per heavy atom. The summed E-state index contributed by atoms with van der Waals surface area (Å²) >= 11 is 4.30. The predicted octanol–water partition coefficient (Wildman–Crippen LogP) is 2.58. The average Bonchev–Trinajstić information content (AvgIpc) is 3.13. The Balaban J connectivity index is 1.72. The maximum absolute atomic E-state index is 12.4. The summed E-state index contributed by atoms with van der Waals surface area (Å²) in [6.45, 7) is 2.71. The standard InChI is InChI=1S/C15H19NO2S/c1-9-2-5-11(19)8-12(9)15(17)16-13-6-7-18-14(13)10-3-4-10/h2,5,8,10,13-14,19H,3-4,6-7H2,1H3,(H,16,17). The Morgan fingerprint density at radius 1 is 1.37 bits per heavy atom. The highest BCUT2D eigenvalue weighted by atomic mass is 32.1. The topological polar surface area (TPSA) is 38.3 Å². The quantitative estimate of drug-likeness (QED) is 0.833. The third-order valence-electron chi connectivity index (χ3n) is 4.00. The van der Waals surface area contributed by atoms with Gasteiger partial charge in [0.1, 0.15) is 0 Å². The van der Waals surface area contributed by atoms with Crippen LogP contribution in [0.3, 0.4) is 0 Å². The molecule has 19 heavy (non-hydrogen) atoms. The molecule has 4 heteroatoms. The molecular weight excluding hydrogens is 258 g/mol. The van der Waals surface area contributed by atoms with Crippen LogP contribution >= 0.6 is 12.6 Å². The molecule has 1 aromatic carbocycles. The molecule has 0 spiro atoms. The van der Waals surface area contributed by atoms with E-state index in [0.717, 1.165) is 23.5 Å². The van der Waals surface area contributed by atoms with E-state index in [1.165, 1.54) is 12.8 Å².